The lowest BCUT2D eigenvalue weighted by atomic mass is 10.2. The summed E-state index contributed by atoms with van der Waals surface area (Å²) in [7, 11) is 5.14. The lowest BCUT2D eigenvalue weighted by Crippen LogP contribution is -2.54. The van der Waals surface area contributed by atoms with Crippen molar-refractivity contribution in [2.24, 2.45) is 5.73 Å². The number of nitrogens with one attached hydrogen (secondary N) is 3. The van der Waals surface area contributed by atoms with Crippen LogP contribution in [0.2, 0.25) is 0 Å². The van der Waals surface area contributed by atoms with Gasteiger partial charge < -0.3 is 36.4 Å². The smallest absolute Gasteiger partial charge is 0.406 e. The highest BCUT2D eigenvalue weighted by Crippen LogP contribution is 2.01. The van der Waals surface area contributed by atoms with Crippen molar-refractivity contribution in [1.29, 1.82) is 0 Å². The first-order chi connectivity index (χ1) is 12.3. The first-order valence-electron chi connectivity index (χ1n) is 8.30. The fourth-order valence-corrected chi connectivity index (χ4v) is 2.60. The van der Waals surface area contributed by atoms with Gasteiger partial charge in [0.15, 0.2) is 0 Å². The Morgan fingerprint density at radius 2 is 1.88 bits per heavy atom. The van der Waals surface area contributed by atoms with Crippen LogP contribution in [0.15, 0.2) is 0 Å². The Morgan fingerprint density at radius 3 is 2.46 bits per heavy atom. The van der Waals surface area contributed by atoms with Crippen molar-refractivity contribution in [2.75, 3.05) is 59.0 Å². The molecule has 0 heterocycles. The molecule has 0 aromatic heterocycles. The van der Waals surface area contributed by atoms with Gasteiger partial charge in [-0.3, -0.25) is 9.59 Å². The lowest BCUT2D eigenvalue weighted by Gasteiger charge is -2.19. The van der Waals surface area contributed by atoms with Crippen LogP contribution in [0.5, 0.6) is 0 Å². The first kappa shape index (κ1) is 24.4. The zero-order valence-electron chi connectivity index (χ0n) is 15.6. The molecule has 0 rings (SSSR count). The van der Waals surface area contributed by atoms with E-state index in [-0.39, 0.29) is 0 Å². The number of carbonyl (C=O) groups excluding carboxylic acids is 3. The number of methoxy groups -OCH3 is 1. The molecule has 0 fully saturated rings. The van der Waals surface area contributed by atoms with E-state index < -0.39 is 36.6 Å². The van der Waals surface area contributed by atoms with Crippen LogP contribution in [0.25, 0.3) is 0 Å². The van der Waals surface area contributed by atoms with E-state index in [1.807, 2.05) is 19.0 Å². The van der Waals surface area contributed by atoms with Gasteiger partial charge in [0.25, 0.3) is 0 Å². The van der Waals surface area contributed by atoms with Gasteiger partial charge in [-0.15, -0.1) is 0 Å². The van der Waals surface area contributed by atoms with Crippen LogP contribution in [0.3, 0.4) is 0 Å². The quantitative estimate of drug-likeness (QED) is 0.225. The third kappa shape index (κ3) is 11.9. The summed E-state index contributed by atoms with van der Waals surface area (Å²) in [5.74, 6) is -0.0777. The van der Waals surface area contributed by atoms with E-state index >= 15 is 0 Å². The number of thioether (sulfide) groups is 1. The number of carbonyl (C=O) groups is 3. The molecule has 6 N–H and O–H groups in total. The second kappa shape index (κ2) is 14.6. The average molecular weight is 394 g/mol. The highest BCUT2D eigenvalue weighted by molar-refractivity contribution is 7.99. The summed E-state index contributed by atoms with van der Waals surface area (Å²) in [6, 6.07) is -1.85. The third-order valence-electron chi connectivity index (χ3n) is 3.23. The summed E-state index contributed by atoms with van der Waals surface area (Å²) in [6.07, 6.45) is 0.246. The van der Waals surface area contributed by atoms with E-state index in [0.29, 0.717) is 24.6 Å². The van der Waals surface area contributed by atoms with Crippen LogP contribution >= 0.6 is 11.8 Å². The van der Waals surface area contributed by atoms with Gasteiger partial charge in [0.1, 0.15) is 6.04 Å². The van der Waals surface area contributed by atoms with E-state index in [9.17, 15) is 19.5 Å². The molecule has 26 heavy (non-hydrogen) atoms. The Morgan fingerprint density at radius 1 is 1.19 bits per heavy atom. The highest BCUT2D eigenvalue weighted by Gasteiger charge is 2.22. The van der Waals surface area contributed by atoms with Crippen LogP contribution in [0.1, 0.15) is 6.42 Å². The van der Waals surface area contributed by atoms with Crippen molar-refractivity contribution in [2.45, 2.75) is 18.5 Å². The van der Waals surface area contributed by atoms with E-state index in [1.165, 1.54) is 18.9 Å². The molecule has 0 bridgehead atoms. The maximum absolute atomic E-state index is 12.0. The number of hydrogen-bond acceptors (Lipinski definition) is 8. The Hall–Kier alpha value is -1.56. The average Bonchev–Trinajstić information content (AvgIpc) is 2.61. The molecule has 0 aromatic carbocycles. The fraction of sp³-hybridized carbons (Fsp3) is 0.800. The van der Waals surface area contributed by atoms with Crippen LogP contribution in [0.4, 0.5) is 4.79 Å². The Bertz CT molecular complexity index is 439. The second-order valence-corrected chi connectivity index (χ2v) is 6.94. The van der Waals surface area contributed by atoms with E-state index in [1.54, 1.807) is 0 Å². The van der Waals surface area contributed by atoms with Gasteiger partial charge in [0.05, 0.1) is 19.8 Å². The van der Waals surface area contributed by atoms with E-state index in [2.05, 4.69) is 20.7 Å². The van der Waals surface area contributed by atoms with Crippen LogP contribution in [-0.4, -0.2) is 98.9 Å². The molecule has 2 atom stereocenters. The SMILES string of the molecule is COC(=O)NCCSC[C@H](N)C(=O)N[C@@H](CO)C(=O)NCCCN(C)C. The summed E-state index contributed by atoms with van der Waals surface area (Å²) in [4.78, 5) is 36.9. The zero-order valence-corrected chi connectivity index (χ0v) is 16.4. The molecule has 11 heteroatoms. The number of nitrogens with two attached hydrogens (primary N) is 1. The predicted octanol–water partition coefficient (Wildman–Crippen LogP) is -2.05. The minimum atomic E-state index is -1.03. The van der Waals surface area contributed by atoms with Crippen molar-refractivity contribution in [3.05, 3.63) is 0 Å². The molecular formula is C15H31N5O5S. The van der Waals surface area contributed by atoms with E-state index in [0.717, 1.165) is 13.0 Å². The summed E-state index contributed by atoms with van der Waals surface area (Å²) in [5.41, 5.74) is 5.78. The van der Waals surface area contributed by atoms with Gasteiger partial charge in [-0.1, -0.05) is 0 Å². The third-order valence-corrected chi connectivity index (χ3v) is 4.32. The summed E-state index contributed by atoms with van der Waals surface area (Å²) in [5, 5.41) is 16.9. The summed E-state index contributed by atoms with van der Waals surface area (Å²) >= 11 is 1.38. The van der Waals surface area contributed by atoms with Crippen molar-refractivity contribution in [3.8, 4) is 0 Å². The molecule has 0 spiro atoms. The normalized spacial score (nSPS) is 13.0. The minimum absolute atomic E-state index is 0.317. The number of amides is 3. The molecule has 0 saturated heterocycles. The molecule has 0 aliphatic heterocycles. The van der Waals surface area contributed by atoms with Crippen molar-refractivity contribution >= 4 is 29.7 Å². The number of nitrogens with zero attached hydrogens (tertiary/aromatic N) is 1. The maximum atomic E-state index is 12.0. The highest BCUT2D eigenvalue weighted by atomic mass is 32.2. The molecule has 3 amide bonds. The van der Waals surface area contributed by atoms with E-state index in [4.69, 9.17) is 5.73 Å². The Kier molecular flexibility index (Phi) is 13.7. The summed E-state index contributed by atoms with van der Waals surface area (Å²) in [6.45, 7) is 1.16. The number of hydrogen-bond donors (Lipinski definition) is 5. The van der Waals surface area contributed by atoms with Gasteiger partial charge in [-0.25, -0.2) is 4.79 Å². The van der Waals surface area contributed by atoms with Crippen molar-refractivity contribution in [3.63, 3.8) is 0 Å². The standard InChI is InChI=1S/C15H31N5O5S/c1-20(2)7-4-5-17-14(23)12(9-21)19-13(22)11(16)10-26-8-6-18-15(24)25-3/h11-12,21H,4-10,16H2,1-3H3,(H,17,23)(H,18,24)(H,19,22)/t11-,12-/m0/s1. The Balaban J connectivity index is 4.06. The maximum Gasteiger partial charge on any atom is 0.406 e. The van der Waals surface area contributed by atoms with Crippen LogP contribution < -0.4 is 21.7 Å². The second-order valence-electron chi connectivity index (χ2n) is 5.79. The molecule has 0 aromatic rings. The van der Waals surface area contributed by atoms with Crippen molar-refractivity contribution in [1.82, 2.24) is 20.9 Å². The van der Waals surface area contributed by atoms with Gasteiger partial charge in [-0.2, -0.15) is 11.8 Å². The monoisotopic (exact) mass is 393 g/mol. The molecule has 152 valence electrons. The number of rotatable bonds is 13. The summed E-state index contributed by atoms with van der Waals surface area (Å²) < 4.78 is 4.43. The number of ether oxygens (including phenoxy) is 1. The molecular weight excluding hydrogens is 362 g/mol. The van der Waals surface area contributed by atoms with Gasteiger partial charge in [-0.05, 0) is 27.1 Å². The molecule has 0 unspecified atom stereocenters. The van der Waals surface area contributed by atoms with Crippen LogP contribution in [0, 0.1) is 0 Å². The topological polar surface area (TPSA) is 146 Å². The number of alkyl carbamates (subject to hydrolysis) is 1. The van der Waals surface area contributed by atoms with Gasteiger partial charge >= 0.3 is 6.09 Å². The largest absolute Gasteiger partial charge is 0.453 e. The molecule has 10 nitrogen and oxygen atoms in total. The number of aliphatic hydroxyl groups is 1. The van der Waals surface area contributed by atoms with Crippen LogP contribution in [-0.2, 0) is 14.3 Å². The molecule has 0 aliphatic carbocycles. The zero-order chi connectivity index (χ0) is 19.9. The first-order valence-corrected chi connectivity index (χ1v) is 9.46. The fourth-order valence-electron chi connectivity index (χ4n) is 1.79. The Labute approximate surface area is 158 Å². The molecule has 0 saturated carbocycles. The molecule has 0 aliphatic rings. The van der Waals surface area contributed by atoms with Gasteiger partial charge in [0.2, 0.25) is 11.8 Å². The molecule has 0 radical (unpaired) electrons. The number of aliphatic hydroxyl groups excluding tert-OH is 1. The minimum Gasteiger partial charge on any atom is -0.453 e. The van der Waals surface area contributed by atoms with Gasteiger partial charge in [0, 0.05) is 24.6 Å². The van der Waals surface area contributed by atoms with Crippen molar-refractivity contribution < 1.29 is 24.2 Å². The predicted molar refractivity (Wildman–Crippen MR) is 101 cm³/mol. The lowest BCUT2D eigenvalue weighted by molar-refractivity contribution is -0.130.